The number of sulfonamides is 1. The van der Waals surface area contributed by atoms with E-state index in [1.807, 2.05) is 0 Å². The van der Waals surface area contributed by atoms with Crippen LogP contribution in [-0.2, 0) is 10.0 Å². The highest BCUT2D eigenvalue weighted by atomic mass is 32.2. The van der Waals surface area contributed by atoms with Gasteiger partial charge in [0.25, 0.3) is 0 Å². The van der Waals surface area contributed by atoms with E-state index < -0.39 is 15.9 Å². The van der Waals surface area contributed by atoms with Gasteiger partial charge < -0.3 is 11.5 Å². The van der Waals surface area contributed by atoms with Crippen molar-refractivity contribution >= 4 is 21.6 Å². The summed E-state index contributed by atoms with van der Waals surface area (Å²) in [6, 6.07) is 3.94. The van der Waals surface area contributed by atoms with E-state index in [0.717, 1.165) is 4.31 Å². The fourth-order valence-corrected chi connectivity index (χ4v) is 2.28. The maximum absolute atomic E-state index is 11.9. The minimum atomic E-state index is -3.72. The van der Waals surface area contributed by atoms with Crippen LogP contribution >= 0.6 is 0 Å². The van der Waals surface area contributed by atoms with Crippen molar-refractivity contribution in [3.8, 4) is 0 Å². The van der Waals surface area contributed by atoms with Gasteiger partial charge in [-0.05, 0) is 18.2 Å². The lowest BCUT2D eigenvalue weighted by atomic mass is 10.2. The summed E-state index contributed by atoms with van der Waals surface area (Å²) in [6.07, 6.45) is 0. The first-order valence-corrected chi connectivity index (χ1v) is 5.82. The van der Waals surface area contributed by atoms with Crippen LogP contribution in [0.25, 0.3) is 0 Å². The molecule has 0 aliphatic rings. The maximum atomic E-state index is 11.9. The van der Waals surface area contributed by atoms with Gasteiger partial charge in [0.1, 0.15) is 0 Å². The van der Waals surface area contributed by atoms with Crippen molar-refractivity contribution in [3.05, 3.63) is 23.8 Å². The first kappa shape index (κ1) is 12.5. The van der Waals surface area contributed by atoms with Gasteiger partial charge in [-0.1, -0.05) is 0 Å². The zero-order valence-electron chi connectivity index (χ0n) is 8.97. The molecule has 0 aliphatic carbocycles. The number of amides is 1. The van der Waals surface area contributed by atoms with Crippen LogP contribution in [-0.4, -0.2) is 32.7 Å². The fourth-order valence-electron chi connectivity index (χ4n) is 1.15. The predicted molar refractivity (Wildman–Crippen MR) is 60.2 cm³/mol. The Morgan fingerprint density at radius 1 is 1.31 bits per heavy atom. The summed E-state index contributed by atoms with van der Waals surface area (Å²) in [5, 5.41) is 0. The van der Waals surface area contributed by atoms with Crippen molar-refractivity contribution in [1.29, 1.82) is 0 Å². The maximum Gasteiger partial charge on any atom is 0.250 e. The molecule has 0 radical (unpaired) electrons. The summed E-state index contributed by atoms with van der Waals surface area (Å²) < 4.78 is 24.7. The van der Waals surface area contributed by atoms with E-state index in [1.165, 1.54) is 32.3 Å². The molecule has 0 fully saturated rings. The van der Waals surface area contributed by atoms with Gasteiger partial charge in [0.05, 0.1) is 10.5 Å². The third-order valence-electron chi connectivity index (χ3n) is 2.03. The minimum absolute atomic E-state index is 0.0668. The number of nitrogens with two attached hydrogens (primary N) is 2. The van der Waals surface area contributed by atoms with E-state index in [2.05, 4.69) is 0 Å². The van der Waals surface area contributed by atoms with E-state index in [9.17, 15) is 13.2 Å². The van der Waals surface area contributed by atoms with Crippen LogP contribution in [0, 0.1) is 0 Å². The molecule has 88 valence electrons. The molecule has 0 aliphatic heterocycles. The van der Waals surface area contributed by atoms with E-state index in [0.29, 0.717) is 0 Å². The Bertz CT molecular complexity index is 523. The van der Waals surface area contributed by atoms with Gasteiger partial charge in [0, 0.05) is 19.8 Å². The number of primary amides is 1. The molecule has 6 nitrogen and oxygen atoms in total. The number of anilines is 1. The van der Waals surface area contributed by atoms with Crippen molar-refractivity contribution in [2.75, 3.05) is 19.8 Å². The fraction of sp³-hybridized carbons (Fsp3) is 0.222. The van der Waals surface area contributed by atoms with Crippen LogP contribution in [0.1, 0.15) is 10.4 Å². The molecular weight excluding hydrogens is 230 g/mol. The molecule has 1 amide bonds. The second kappa shape index (κ2) is 4.11. The Labute approximate surface area is 93.9 Å². The van der Waals surface area contributed by atoms with Gasteiger partial charge in [-0.25, -0.2) is 12.7 Å². The zero-order valence-corrected chi connectivity index (χ0v) is 9.78. The van der Waals surface area contributed by atoms with E-state index in [4.69, 9.17) is 11.5 Å². The van der Waals surface area contributed by atoms with E-state index in [-0.39, 0.29) is 16.1 Å². The Balaban J connectivity index is 3.54. The zero-order chi connectivity index (χ0) is 12.5. The molecule has 1 aromatic carbocycles. The van der Waals surface area contributed by atoms with Crippen molar-refractivity contribution < 1.29 is 13.2 Å². The van der Waals surface area contributed by atoms with Crippen molar-refractivity contribution in [1.82, 2.24) is 4.31 Å². The molecule has 0 spiro atoms. The lowest BCUT2D eigenvalue weighted by molar-refractivity contribution is 0.0997. The number of hydrogen-bond acceptors (Lipinski definition) is 4. The van der Waals surface area contributed by atoms with Crippen LogP contribution in [0.15, 0.2) is 23.1 Å². The van der Waals surface area contributed by atoms with Crippen LogP contribution in [0.3, 0.4) is 0 Å². The van der Waals surface area contributed by atoms with Gasteiger partial charge in [-0.3, -0.25) is 4.79 Å². The summed E-state index contributed by atoms with van der Waals surface area (Å²) in [7, 11) is -0.994. The molecule has 0 saturated carbocycles. The number of carbonyl (C=O) groups excluding carboxylic acids is 1. The van der Waals surface area contributed by atoms with Crippen molar-refractivity contribution in [3.63, 3.8) is 0 Å². The molecule has 7 heteroatoms. The lowest BCUT2D eigenvalue weighted by Gasteiger charge is -2.14. The summed E-state index contributed by atoms with van der Waals surface area (Å²) in [5.41, 5.74) is 10.8. The third-order valence-corrected chi connectivity index (χ3v) is 3.88. The van der Waals surface area contributed by atoms with Crippen LogP contribution in [0.2, 0.25) is 0 Å². The van der Waals surface area contributed by atoms with Gasteiger partial charge in [-0.15, -0.1) is 0 Å². The Hall–Kier alpha value is -1.60. The molecule has 0 aromatic heterocycles. The third kappa shape index (κ3) is 2.15. The lowest BCUT2D eigenvalue weighted by Crippen LogP contribution is -2.26. The highest BCUT2D eigenvalue weighted by molar-refractivity contribution is 7.89. The molecule has 0 atom stereocenters. The summed E-state index contributed by atoms with van der Waals surface area (Å²) >= 11 is 0. The van der Waals surface area contributed by atoms with Gasteiger partial charge >= 0.3 is 0 Å². The highest BCUT2D eigenvalue weighted by Gasteiger charge is 2.23. The smallest absolute Gasteiger partial charge is 0.250 e. The normalized spacial score (nSPS) is 11.7. The summed E-state index contributed by atoms with van der Waals surface area (Å²) in [5.74, 6) is -0.805. The minimum Gasteiger partial charge on any atom is -0.399 e. The van der Waals surface area contributed by atoms with Gasteiger partial charge in [0.2, 0.25) is 15.9 Å². The number of hydrogen-bond donors (Lipinski definition) is 2. The van der Waals surface area contributed by atoms with Crippen molar-refractivity contribution in [2.24, 2.45) is 5.73 Å². The summed E-state index contributed by atoms with van der Waals surface area (Å²) in [4.78, 5) is 10.9. The molecule has 0 heterocycles. The van der Waals surface area contributed by atoms with Crippen LogP contribution in [0.5, 0.6) is 0 Å². The first-order valence-electron chi connectivity index (χ1n) is 4.38. The Morgan fingerprint density at radius 3 is 2.31 bits per heavy atom. The number of nitrogen functional groups attached to an aromatic ring is 1. The topological polar surface area (TPSA) is 106 Å². The quantitative estimate of drug-likeness (QED) is 0.705. The molecule has 0 bridgehead atoms. The molecule has 1 rings (SSSR count). The SMILES string of the molecule is CN(C)S(=O)(=O)c1cc(N)ccc1C(N)=O. The number of carbonyl (C=O) groups is 1. The molecule has 0 unspecified atom stereocenters. The monoisotopic (exact) mass is 243 g/mol. The predicted octanol–water partition coefficient (Wildman–Crippen LogP) is -0.382. The first-order chi connectivity index (χ1) is 7.26. The molecule has 16 heavy (non-hydrogen) atoms. The van der Waals surface area contributed by atoms with Gasteiger partial charge in [0.15, 0.2) is 0 Å². The summed E-state index contributed by atoms with van der Waals surface area (Å²) in [6.45, 7) is 0. The van der Waals surface area contributed by atoms with E-state index in [1.54, 1.807) is 0 Å². The Kier molecular flexibility index (Phi) is 3.20. The highest BCUT2D eigenvalue weighted by Crippen LogP contribution is 2.21. The standard InChI is InChI=1S/C9H13N3O3S/c1-12(2)16(14,15)8-5-6(10)3-4-7(8)9(11)13/h3-5H,10H2,1-2H3,(H2,11,13). The van der Waals surface area contributed by atoms with Crippen LogP contribution in [0.4, 0.5) is 5.69 Å². The second-order valence-electron chi connectivity index (χ2n) is 3.41. The van der Waals surface area contributed by atoms with Crippen LogP contribution < -0.4 is 11.5 Å². The Morgan fingerprint density at radius 2 is 1.88 bits per heavy atom. The largest absolute Gasteiger partial charge is 0.399 e. The van der Waals surface area contributed by atoms with Crippen molar-refractivity contribution in [2.45, 2.75) is 4.90 Å². The number of rotatable bonds is 3. The molecule has 0 saturated heterocycles. The second-order valence-corrected chi connectivity index (χ2v) is 5.53. The number of benzene rings is 1. The molecule has 4 N–H and O–H groups in total. The number of nitrogens with zero attached hydrogens (tertiary/aromatic N) is 1. The molecular formula is C9H13N3O3S. The molecule has 1 aromatic rings. The van der Waals surface area contributed by atoms with E-state index >= 15 is 0 Å². The average molecular weight is 243 g/mol. The van der Waals surface area contributed by atoms with Gasteiger partial charge in [-0.2, -0.15) is 0 Å². The average Bonchev–Trinajstić information content (AvgIpc) is 2.16.